The number of ether oxygens (including phenoxy) is 1. The van der Waals surface area contributed by atoms with Crippen LogP contribution >= 0.6 is 0 Å². The Labute approximate surface area is 126 Å². The maximum absolute atomic E-state index is 11.3. The van der Waals surface area contributed by atoms with Crippen LogP contribution in [-0.4, -0.2) is 12.1 Å². The Hall–Kier alpha value is -0.790. The third-order valence-electron chi connectivity index (χ3n) is 4.34. The van der Waals surface area contributed by atoms with Gasteiger partial charge >= 0.3 is 5.97 Å². The minimum absolute atomic E-state index is 0.0316. The molecule has 0 aromatic carbocycles. The Morgan fingerprint density at radius 1 is 1.20 bits per heavy atom. The maximum atomic E-state index is 11.3. The molecule has 0 bridgehead atoms. The van der Waals surface area contributed by atoms with Gasteiger partial charge in [-0.25, -0.2) is 4.79 Å². The first-order valence-corrected chi connectivity index (χ1v) is 8.20. The lowest BCUT2D eigenvalue weighted by molar-refractivity contribution is -0.143. The van der Waals surface area contributed by atoms with Crippen molar-refractivity contribution in [3.63, 3.8) is 0 Å². The molecule has 0 aliphatic carbocycles. The van der Waals surface area contributed by atoms with E-state index in [2.05, 4.69) is 41.2 Å². The average molecular weight is 282 g/mol. The molecule has 4 atom stereocenters. The highest BCUT2D eigenvalue weighted by atomic mass is 16.5. The Morgan fingerprint density at radius 3 is 2.20 bits per heavy atom. The lowest BCUT2D eigenvalue weighted by Gasteiger charge is -2.35. The van der Waals surface area contributed by atoms with Crippen molar-refractivity contribution in [2.24, 2.45) is 23.7 Å². The molecule has 0 aromatic heterocycles. The molecule has 0 rings (SSSR count). The molecular formula is C18H34O2. The first-order chi connectivity index (χ1) is 9.37. The van der Waals surface area contributed by atoms with Crippen LogP contribution in [0.5, 0.6) is 0 Å². The second kappa shape index (κ2) is 10.0. The summed E-state index contributed by atoms with van der Waals surface area (Å²) in [6, 6.07) is 0. The molecule has 0 aliphatic heterocycles. The average Bonchev–Trinajstić information content (AvgIpc) is 2.36. The Kier molecular flexibility index (Phi) is 9.62. The van der Waals surface area contributed by atoms with Gasteiger partial charge in [-0.1, -0.05) is 60.5 Å². The summed E-state index contributed by atoms with van der Waals surface area (Å²) in [6.07, 6.45) is 5.92. The van der Waals surface area contributed by atoms with Crippen LogP contribution in [0.25, 0.3) is 0 Å². The summed E-state index contributed by atoms with van der Waals surface area (Å²) < 4.78 is 5.32. The molecule has 118 valence electrons. The highest BCUT2D eigenvalue weighted by Crippen LogP contribution is 2.36. The summed E-state index contributed by atoms with van der Waals surface area (Å²) in [4.78, 5) is 11.3. The van der Waals surface area contributed by atoms with E-state index in [9.17, 15) is 4.79 Å². The van der Waals surface area contributed by atoms with E-state index in [1.165, 1.54) is 25.3 Å². The summed E-state index contributed by atoms with van der Waals surface area (Å²) in [6.45, 7) is 16.9. The molecule has 0 aliphatic rings. The third-order valence-corrected chi connectivity index (χ3v) is 4.34. The van der Waals surface area contributed by atoms with E-state index in [1.54, 1.807) is 0 Å². The fraction of sp³-hybridized carbons (Fsp3) is 0.833. The summed E-state index contributed by atoms with van der Waals surface area (Å²) >= 11 is 0. The Morgan fingerprint density at radius 2 is 1.80 bits per heavy atom. The van der Waals surface area contributed by atoms with Crippen molar-refractivity contribution in [1.29, 1.82) is 0 Å². The minimum atomic E-state index is -0.314. The number of esters is 1. The van der Waals surface area contributed by atoms with Crippen molar-refractivity contribution in [2.75, 3.05) is 0 Å². The van der Waals surface area contributed by atoms with Crippen LogP contribution < -0.4 is 0 Å². The highest BCUT2D eigenvalue weighted by Gasteiger charge is 2.29. The zero-order chi connectivity index (χ0) is 15.7. The van der Waals surface area contributed by atoms with E-state index < -0.39 is 0 Å². The van der Waals surface area contributed by atoms with Gasteiger partial charge in [0.15, 0.2) is 0 Å². The molecule has 2 nitrogen and oxygen atoms in total. The van der Waals surface area contributed by atoms with E-state index in [-0.39, 0.29) is 12.1 Å². The van der Waals surface area contributed by atoms with Crippen LogP contribution in [0.15, 0.2) is 12.7 Å². The predicted octanol–water partition coefficient (Wildman–Crippen LogP) is 5.23. The second-order valence-corrected chi connectivity index (χ2v) is 6.44. The number of hydrogen-bond donors (Lipinski definition) is 0. The topological polar surface area (TPSA) is 26.3 Å². The van der Waals surface area contributed by atoms with Gasteiger partial charge in [-0.05, 0) is 37.0 Å². The fourth-order valence-electron chi connectivity index (χ4n) is 3.68. The molecule has 3 unspecified atom stereocenters. The quantitative estimate of drug-likeness (QED) is 0.405. The summed E-state index contributed by atoms with van der Waals surface area (Å²) in [5.74, 6) is 2.40. The first kappa shape index (κ1) is 19.2. The van der Waals surface area contributed by atoms with E-state index in [0.29, 0.717) is 17.8 Å². The predicted molar refractivity (Wildman–Crippen MR) is 86.5 cm³/mol. The van der Waals surface area contributed by atoms with E-state index >= 15 is 0 Å². The third kappa shape index (κ3) is 6.58. The van der Waals surface area contributed by atoms with Gasteiger partial charge in [-0.3, -0.25) is 0 Å². The molecule has 0 saturated heterocycles. The largest absolute Gasteiger partial charge is 0.460 e. The van der Waals surface area contributed by atoms with Crippen LogP contribution in [0, 0.1) is 23.7 Å². The summed E-state index contributed by atoms with van der Waals surface area (Å²) in [5, 5.41) is 0. The molecular weight excluding hydrogens is 248 g/mol. The SMILES string of the molecule is C=CC(=O)O[C@@H](C)CC(C)C(C(C)C)C(CC)CCC. The molecule has 0 fully saturated rings. The van der Waals surface area contributed by atoms with Gasteiger partial charge in [0.05, 0.1) is 6.10 Å². The molecule has 0 aromatic rings. The van der Waals surface area contributed by atoms with Crippen LogP contribution in [-0.2, 0) is 9.53 Å². The van der Waals surface area contributed by atoms with Crippen LogP contribution in [0.2, 0.25) is 0 Å². The number of hydrogen-bond acceptors (Lipinski definition) is 2. The molecule has 0 heterocycles. The van der Waals surface area contributed by atoms with E-state index in [4.69, 9.17) is 4.74 Å². The van der Waals surface area contributed by atoms with Crippen LogP contribution in [0.4, 0.5) is 0 Å². The van der Waals surface area contributed by atoms with Crippen molar-refractivity contribution in [2.45, 2.75) is 73.3 Å². The normalized spacial score (nSPS) is 17.4. The van der Waals surface area contributed by atoms with Crippen molar-refractivity contribution < 1.29 is 9.53 Å². The molecule has 2 heteroatoms. The van der Waals surface area contributed by atoms with Crippen molar-refractivity contribution in [3.05, 3.63) is 12.7 Å². The number of rotatable bonds is 10. The number of carbonyl (C=O) groups is 1. The zero-order valence-corrected chi connectivity index (χ0v) is 14.3. The molecule has 0 amide bonds. The highest BCUT2D eigenvalue weighted by molar-refractivity contribution is 5.81. The zero-order valence-electron chi connectivity index (χ0n) is 14.3. The lowest BCUT2D eigenvalue weighted by atomic mass is 9.71. The van der Waals surface area contributed by atoms with Gasteiger partial charge < -0.3 is 4.74 Å². The van der Waals surface area contributed by atoms with Crippen LogP contribution in [0.3, 0.4) is 0 Å². The summed E-state index contributed by atoms with van der Waals surface area (Å²) in [7, 11) is 0. The van der Waals surface area contributed by atoms with E-state index in [0.717, 1.165) is 12.3 Å². The molecule has 0 saturated carbocycles. The van der Waals surface area contributed by atoms with Gasteiger partial charge in [0.2, 0.25) is 0 Å². The van der Waals surface area contributed by atoms with E-state index in [1.807, 2.05) is 6.92 Å². The summed E-state index contributed by atoms with van der Waals surface area (Å²) in [5.41, 5.74) is 0. The monoisotopic (exact) mass is 282 g/mol. The Bertz CT molecular complexity index is 283. The van der Waals surface area contributed by atoms with Gasteiger partial charge in [0.1, 0.15) is 0 Å². The number of carbonyl (C=O) groups excluding carboxylic acids is 1. The fourth-order valence-corrected chi connectivity index (χ4v) is 3.68. The molecule has 0 spiro atoms. The van der Waals surface area contributed by atoms with Crippen molar-refractivity contribution >= 4 is 5.97 Å². The maximum Gasteiger partial charge on any atom is 0.330 e. The molecule has 0 radical (unpaired) electrons. The van der Waals surface area contributed by atoms with Crippen LogP contribution in [0.1, 0.15) is 67.2 Å². The standard InChI is InChI=1S/C18H34O2/c1-8-11-16(9-2)18(13(4)5)14(6)12-15(7)20-17(19)10-3/h10,13-16,18H,3,8-9,11-12H2,1-2,4-7H3/t14?,15-,16?,18?/m0/s1. The first-order valence-electron chi connectivity index (χ1n) is 8.20. The van der Waals surface area contributed by atoms with Gasteiger partial charge in [-0.2, -0.15) is 0 Å². The molecule has 0 N–H and O–H groups in total. The smallest absolute Gasteiger partial charge is 0.330 e. The van der Waals surface area contributed by atoms with Crippen molar-refractivity contribution in [1.82, 2.24) is 0 Å². The second-order valence-electron chi connectivity index (χ2n) is 6.44. The molecule has 20 heavy (non-hydrogen) atoms. The Balaban J connectivity index is 4.67. The minimum Gasteiger partial charge on any atom is -0.460 e. The van der Waals surface area contributed by atoms with Crippen molar-refractivity contribution in [3.8, 4) is 0 Å². The van der Waals surface area contributed by atoms with Gasteiger partial charge in [-0.15, -0.1) is 0 Å². The lowest BCUT2D eigenvalue weighted by Crippen LogP contribution is -2.29. The van der Waals surface area contributed by atoms with Gasteiger partial charge in [0.25, 0.3) is 0 Å². The van der Waals surface area contributed by atoms with Gasteiger partial charge in [0, 0.05) is 6.08 Å².